The zero-order valence-corrected chi connectivity index (χ0v) is 22.5. The highest BCUT2D eigenvalue weighted by atomic mass is 32.3. The van der Waals surface area contributed by atoms with E-state index in [1.54, 1.807) is 17.9 Å². The molecule has 0 spiro atoms. The van der Waals surface area contributed by atoms with Crippen molar-refractivity contribution in [3.05, 3.63) is 63.4 Å². The third-order valence-electron chi connectivity index (χ3n) is 6.73. The minimum Gasteiger partial charge on any atom is -0.465 e. The average molecular weight is 564 g/mol. The predicted molar refractivity (Wildman–Crippen MR) is 135 cm³/mol. The van der Waals surface area contributed by atoms with Crippen LogP contribution in [0.25, 0.3) is 0 Å². The molecule has 5 rings (SSSR count). The number of hydrogen-bond acceptors (Lipinski definition) is 8. The van der Waals surface area contributed by atoms with Gasteiger partial charge in [-0.15, -0.1) is 0 Å². The van der Waals surface area contributed by atoms with E-state index in [0.717, 1.165) is 29.8 Å². The molecule has 2 fully saturated rings. The van der Waals surface area contributed by atoms with E-state index >= 15 is 0 Å². The number of aryl methyl sites for hydroxylation is 1. The van der Waals surface area contributed by atoms with E-state index in [9.17, 15) is 27.2 Å². The van der Waals surface area contributed by atoms with E-state index in [1.807, 2.05) is 6.92 Å². The summed E-state index contributed by atoms with van der Waals surface area (Å²) in [5, 5.41) is 3.24. The summed E-state index contributed by atoms with van der Waals surface area (Å²) >= 11 is 0.922. The third-order valence-corrected chi connectivity index (χ3v) is 10.3. The second-order valence-electron chi connectivity index (χ2n) is 9.85. The molecule has 1 aromatic heterocycles. The molecule has 11 nitrogen and oxygen atoms in total. The molecule has 2 aliphatic heterocycles. The molecule has 1 saturated carbocycles. The molecule has 1 aliphatic carbocycles. The Hall–Kier alpha value is -3.23. The van der Waals surface area contributed by atoms with E-state index in [4.69, 9.17) is 0 Å². The summed E-state index contributed by atoms with van der Waals surface area (Å²) in [7, 11) is -1.07. The number of urea groups is 1. The zero-order valence-electron chi connectivity index (χ0n) is 20.9. The van der Waals surface area contributed by atoms with Crippen LogP contribution in [-0.4, -0.2) is 63.9 Å². The van der Waals surface area contributed by atoms with Gasteiger partial charge in [0.1, 0.15) is 15.4 Å². The van der Waals surface area contributed by atoms with Crippen molar-refractivity contribution in [3.8, 4) is 0 Å². The molecule has 202 valence electrons. The van der Waals surface area contributed by atoms with E-state index in [1.165, 1.54) is 29.3 Å². The van der Waals surface area contributed by atoms with Crippen molar-refractivity contribution in [2.75, 3.05) is 7.11 Å². The lowest BCUT2D eigenvalue weighted by Crippen LogP contribution is -2.58. The Morgan fingerprint density at radius 1 is 1.26 bits per heavy atom. The molecule has 2 unspecified atom stereocenters. The number of carbonyl (C=O) groups excluding carboxylic acids is 3. The van der Waals surface area contributed by atoms with Crippen molar-refractivity contribution in [3.63, 3.8) is 0 Å². The Labute approximate surface area is 223 Å². The number of aromatic nitrogens is 2. The number of hydrogen-bond donors (Lipinski definition) is 1. The molecule has 0 bridgehead atoms. The van der Waals surface area contributed by atoms with Gasteiger partial charge in [0, 0.05) is 30.9 Å². The number of halogens is 1. The molecule has 14 heteroatoms. The van der Waals surface area contributed by atoms with Crippen LogP contribution in [0.1, 0.15) is 41.3 Å². The molecule has 0 radical (unpaired) electrons. The lowest BCUT2D eigenvalue weighted by molar-refractivity contribution is -0.135. The van der Waals surface area contributed by atoms with Gasteiger partial charge in [0.05, 0.1) is 31.3 Å². The van der Waals surface area contributed by atoms with Crippen LogP contribution >= 0.6 is 11.8 Å². The topological polar surface area (TPSA) is 131 Å². The Bertz CT molecular complexity index is 1470. The molecule has 3 aliphatic rings. The summed E-state index contributed by atoms with van der Waals surface area (Å²) in [6.45, 7) is 1.65. The van der Waals surface area contributed by atoms with Crippen LogP contribution in [0.5, 0.6) is 0 Å². The first-order chi connectivity index (χ1) is 17.9. The van der Waals surface area contributed by atoms with Crippen LogP contribution in [-0.2, 0) is 39.7 Å². The molecular weight excluding hydrogens is 537 g/mol. The Balaban J connectivity index is 1.49. The minimum atomic E-state index is -3.91. The molecule has 3 amide bonds. The van der Waals surface area contributed by atoms with Crippen LogP contribution in [0.3, 0.4) is 0 Å². The number of fused-ring (bicyclic) bond motifs is 1. The molecule has 3 heterocycles. The lowest BCUT2D eigenvalue weighted by Gasteiger charge is -2.41. The van der Waals surface area contributed by atoms with Crippen molar-refractivity contribution in [1.29, 1.82) is 0 Å². The van der Waals surface area contributed by atoms with Gasteiger partial charge in [-0.2, -0.15) is 5.10 Å². The number of carbonyl (C=O) groups is 3. The second-order valence-corrected chi connectivity index (χ2v) is 12.9. The summed E-state index contributed by atoms with van der Waals surface area (Å²) in [5.41, 5.74) is 0.220. The number of thioether (sulfide) groups is 1. The van der Waals surface area contributed by atoms with Crippen LogP contribution in [0.4, 0.5) is 9.18 Å². The summed E-state index contributed by atoms with van der Waals surface area (Å²) in [4.78, 5) is 41.6. The summed E-state index contributed by atoms with van der Waals surface area (Å²) in [5.74, 6) is -3.09. The number of esters is 1. The first kappa shape index (κ1) is 26.4. The number of nitrogens with one attached hydrogen (secondary N) is 1. The third kappa shape index (κ3) is 4.95. The number of imide groups is 1. The maximum atomic E-state index is 14.2. The average Bonchev–Trinajstić information content (AvgIpc) is 3.23. The minimum absolute atomic E-state index is 0.0237. The molecule has 2 atom stereocenters. The number of sulfonamides is 1. The molecule has 38 heavy (non-hydrogen) atoms. The van der Waals surface area contributed by atoms with Gasteiger partial charge in [0.25, 0.3) is 0 Å². The van der Waals surface area contributed by atoms with Gasteiger partial charge < -0.3 is 9.64 Å². The summed E-state index contributed by atoms with van der Waals surface area (Å²) < 4.78 is 49.3. The molecular formula is C24H26FN5O6S2. The maximum Gasteiger partial charge on any atom is 0.340 e. The maximum absolute atomic E-state index is 14.2. The summed E-state index contributed by atoms with van der Waals surface area (Å²) in [6.07, 6.45) is 6.04. The standard InChI is InChI=1S/C24H26FN5O6S2/c1-24(6-7-24)27-38(34,35)19-9-17-20(31)29(13-15-10-26-28(2)11-15)23(33)30(21(17)37-19)12-14-4-5-18(25)16(8-14)22(32)36-3/h4-5,8-11,17,21,27H,6-7,12-13H2,1-3H3. The van der Waals surface area contributed by atoms with Gasteiger partial charge in [0.2, 0.25) is 15.9 Å². The Morgan fingerprint density at radius 2 is 2.00 bits per heavy atom. The van der Waals surface area contributed by atoms with Crippen LogP contribution in [0.15, 0.2) is 40.9 Å². The zero-order chi connectivity index (χ0) is 27.4. The number of ether oxygens (including phenoxy) is 1. The van der Waals surface area contributed by atoms with Crippen LogP contribution in [0.2, 0.25) is 0 Å². The van der Waals surface area contributed by atoms with Crippen molar-refractivity contribution in [1.82, 2.24) is 24.3 Å². The first-order valence-corrected chi connectivity index (χ1v) is 14.2. The fourth-order valence-electron chi connectivity index (χ4n) is 4.44. The van der Waals surface area contributed by atoms with Crippen molar-refractivity contribution < 1.29 is 31.9 Å². The normalized spacial score (nSPS) is 22.4. The quantitative estimate of drug-likeness (QED) is 0.485. The Kier molecular flexibility index (Phi) is 6.60. The van der Waals surface area contributed by atoms with Crippen molar-refractivity contribution in [2.24, 2.45) is 13.0 Å². The SMILES string of the molecule is COC(=O)c1cc(CN2C(=O)N(Cc3cnn(C)c3)C(=O)C3C=C(S(=O)(=O)NC4(C)CC4)SC32)ccc1F. The second kappa shape index (κ2) is 9.50. The van der Waals surface area contributed by atoms with E-state index in [2.05, 4.69) is 14.6 Å². The number of rotatable bonds is 8. The van der Waals surface area contributed by atoms with Crippen LogP contribution in [0, 0.1) is 11.7 Å². The fraction of sp³-hybridized carbons (Fsp3) is 0.417. The van der Waals surface area contributed by atoms with E-state index in [0.29, 0.717) is 24.0 Å². The lowest BCUT2D eigenvalue weighted by atomic mass is 10.0. The van der Waals surface area contributed by atoms with E-state index in [-0.39, 0.29) is 22.9 Å². The number of nitrogens with zero attached hydrogens (tertiary/aromatic N) is 4. The Morgan fingerprint density at radius 3 is 2.63 bits per heavy atom. The largest absolute Gasteiger partial charge is 0.465 e. The number of amides is 3. The molecule has 1 saturated heterocycles. The smallest absolute Gasteiger partial charge is 0.340 e. The van der Waals surface area contributed by atoms with Gasteiger partial charge in [-0.25, -0.2) is 27.1 Å². The monoisotopic (exact) mass is 563 g/mol. The number of benzene rings is 1. The summed E-state index contributed by atoms with van der Waals surface area (Å²) in [6, 6.07) is 3.17. The van der Waals surface area contributed by atoms with Gasteiger partial charge in [0.15, 0.2) is 0 Å². The van der Waals surface area contributed by atoms with Gasteiger partial charge in [-0.3, -0.25) is 14.4 Å². The fourth-order valence-corrected chi connectivity index (χ4v) is 7.74. The van der Waals surface area contributed by atoms with Gasteiger partial charge in [-0.1, -0.05) is 17.8 Å². The van der Waals surface area contributed by atoms with E-state index < -0.39 is 50.6 Å². The molecule has 1 N–H and O–H groups in total. The molecule has 2 aromatic rings. The first-order valence-electron chi connectivity index (χ1n) is 11.8. The van der Waals surface area contributed by atoms with Crippen molar-refractivity contribution >= 4 is 39.7 Å². The highest BCUT2D eigenvalue weighted by Gasteiger charge is 2.52. The highest BCUT2D eigenvalue weighted by molar-refractivity contribution is 8.18. The van der Waals surface area contributed by atoms with Crippen LogP contribution < -0.4 is 4.72 Å². The van der Waals surface area contributed by atoms with Crippen molar-refractivity contribution in [2.45, 2.75) is 43.8 Å². The predicted octanol–water partition coefficient (Wildman–Crippen LogP) is 2.31. The van der Waals surface area contributed by atoms with Gasteiger partial charge >= 0.3 is 12.0 Å². The van der Waals surface area contributed by atoms with Gasteiger partial charge in [-0.05, 0) is 43.5 Å². The number of methoxy groups -OCH3 is 1. The highest BCUT2D eigenvalue weighted by Crippen LogP contribution is 2.46. The molecule has 1 aromatic carbocycles.